The van der Waals surface area contributed by atoms with Crippen LogP contribution in [0.2, 0.25) is 0 Å². The third-order valence-corrected chi connectivity index (χ3v) is 5.12. The molecular formula is C21H30N4O2. The highest BCUT2D eigenvalue weighted by Gasteiger charge is 2.22. The number of piperidine rings is 1. The highest BCUT2D eigenvalue weighted by molar-refractivity contribution is 5.74. The van der Waals surface area contributed by atoms with Gasteiger partial charge in [-0.25, -0.2) is 4.79 Å². The van der Waals surface area contributed by atoms with Gasteiger partial charge in [0.25, 0.3) is 0 Å². The SMILES string of the molecule is CN(C)C(CNC(=O)NC1CCN(Cc2ccccc2)CC1)c1ccco1. The minimum absolute atomic E-state index is 0.0264. The minimum atomic E-state index is -0.102. The molecule has 1 aliphatic rings. The molecule has 0 aliphatic carbocycles. The van der Waals surface area contributed by atoms with E-state index in [-0.39, 0.29) is 18.1 Å². The molecule has 1 aliphatic heterocycles. The molecule has 2 amide bonds. The van der Waals surface area contributed by atoms with Crippen LogP contribution in [-0.4, -0.2) is 55.6 Å². The third-order valence-electron chi connectivity index (χ3n) is 5.12. The van der Waals surface area contributed by atoms with Crippen LogP contribution in [0.4, 0.5) is 4.79 Å². The monoisotopic (exact) mass is 370 g/mol. The Morgan fingerprint density at radius 2 is 1.93 bits per heavy atom. The lowest BCUT2D eigenvalue weighted by atomic mass is 10.0. The van der Waals surface area contributed by atoms with Gasteiger partial charge in [0.15, 0.2) is 0 Å². The number of urea groups is 1. The Labute approximate surface area is 161 Å². The van der Waals surface area contributed by atoms with E-state index >= 15 is 0 Å². The number of nitrogens with one attached hydrogen (secondary N) is 2. The summed E-state index contributed by atoms with van der Waals surface area (Å²) in [6, 6.07) is 14.5. The smallest absolute Gasteiger partial charge is 0.315 e. The maximum Gasteiger partial charge on any atom is 0.315 e. The first kappa shape index (κ1) is 19.5. The lowest BCUT2D eigenvalue weighted by molar-refractivity contribution is 0.184. The molecule has 1 unspecified atom stereocenters. The number of likely N-dealkylation sites (N-methyl/N-ethyl adjacent to an activating group) is 1. The van der Waals surface area contributed by atoms with E-state index in [1.165, 1.54) is 5.56 Å². The minimum Gasteiger partial charge on any atom is -0.468 e. The van der Waals surface area contributed by atoms with Gasteiger partial charge in [-0.15, -0.1) is 0 Å². The van der Waals surface area contributed by atoms with Crippen molar-refractivity contribution in [2.24, 2.45) is 0 Å². The molecule has 3 rings (SSSR count). The highest BCUT2D eigenvalue weighted by Crippen LogP contribution is 2.18. The van der Waals surface area contributed by atoms with Crippen LogP contribution in [0.1, 0.15) is 30.2 Å². The number of furan rings is 1. The van der Waals surface area contributed by atoms with E-state index in [2.05, 4.69) is 39.8 Å². The fraction of sp³-hybridized carbons (Fsp3) is 0.476. The molecule has 2 N–H and O–H groups in total. The predicted molar refractivity (Wildman–Crippen MR) is 106 cm³/mol. The van der Waals surface area contributed by atoms with Crippen molar-refractivity contribution >= 4 is 6.03 Å². The van der Waals surface area contributed by atoms with Gasteiger partial charge >= 0.3 is 6.03 Å². The molecule has 2 heterocycles. The molecule has 0 spiro atoms. The number of likely N-dealkylation sites (tertiary alicyclic amines) is 1. The summed E-state index contributed by atoms with van der Waals surface area (Å²) in [7, 11) is 3.96. The van der Waals surface area contributed by atoms with Crippen LogP contribution in [0.15, 0.2) is 53.1 Å². The largest absolute Gasteiger partial charge is 0.468 e. The average Bonchev–Trinajstić information content (AvgIpc) is 3.18. The van der Waals surface area contributed by atoms with E-state index in [0.717, 1.165) is 38.2 Å². The summed E-state index contributed by atoms with van der Waals surface area (Å²) in [5.41, 5.74) is 1.34. The number of carbonyl (C=O) groups is 1. The molecule has 27 heavy (non-hydrogen) atoms. The Morgan fingerprint density at radius 1 is 1.19 bits per heavy atom. The van der Waals surface area contributed by atoms with Gasteiger partial charge in [-0.3, -0.25) is 9.80 Å². The zero-order valence-corrected chi connectivity index (χ0v) is 16.2. The van der Waals surface area contributed by atoms with Gasteiger partial charge in [0, 0.05) is 32.2 Å². The van der Waals surface area contributed by atoms with Gasteiger partial charge in [0.05, 0.1) is 12.3 Å². The van der Waals surface area contributed by atoms with E-state index in [0.29, 0.717) is 6.54 Å². The van der Waals surface area contributed by atoms with Crippen molar-refractivity contribution in [3.05, 3.63) is 60.1 Å². The van der Waals surface area contributed by atoms with E-state index in [4.69, 9.17) is 4.42 Å². The zero-order chi connectivity index (χ0) is 19.1. The Bertz CT molecular complexity index is 679. The number of rotatable bonds is 7. The van der Waals surface area contributed by atoms with Gasteiger partial charge in [0.1, 0.15) is 5.76 Å². The van der Waals surface area contributed by atoms with Gasteiger partial charge in [-0.05, 0) is 44.6 Å². The second-order valence-electron chi connectivity index (χ2n) is 7.39. The molecule has 2 aromatic rings. The molecule has 1 saturated heterocycles. The van der Waals surface area contributed by atoms with Crippen LogP contribution in [0.5, 0.6) is 0 Å². The van der Waals surface area contributed by atoms with Crippen LogP contribution in [0.25, 0.3) is 0 Å². The molecule has 1 fully saturated rings. The predicted octanol–water partition coefficient (Wildman–Crippen LogP) is 2.85. The fourth-order valence-corrected chi connectivity index (χ4v) is 3.52. The second-order valence-corrected chi connectivity index (χ2v) is 7.39. The maximum absolute atomic E-state index is 12.3. The summed E-state index contributed by atoms with van der Waals surface area (Å²) >= 11 is 0. The molecule has 6 nitrogen and oxygen atoms in total. The number of amides is 2. The molecule has 0 saturated carbocycles. The van der Waals surface area contributed by atoms with Crippen molar-refractivity contribution in [2.45, 2.75) is 31.5 Å². The Balaban J connectivity index is 1.39. The van der Waals surface area contributed by atoms with Crippen LogP contribution in [0, 0.1) is 0 Å². The highest BCUT2D eigenvalue weighted by atomic mass is 16.3. The number of hydrogen-bond donors (Lipinski definition) is 2. The summed E-state index contributed by atoms with van der Waals surface area (Å²) in [5, 5.41) is 6.10. The van der Waals surface area contributed by atoms with Gasteiger partial charge in [-0.2, -0.15) is 0 Å². The fourth-order valence-electron chi connectivity index (χ4n) is 3.52. The molecule has 146 valence electrons. The summed E-state index contributed by atoms with van der Waals surface area (Å²) in [4.78, 5) is 16.8. The van der Waals surface area contributed by atoms with E-state index in [1.54, 1.807) is 6.26 Å². The lowest BCUT2D eigenvalue weighted by Gasteiger charge is -2.32. The molecule has 0 bridgehead atoms. The maximum atomic E-state index is 12.3. The van der Waals surface area contributed by atoms with Crippen LogP contribution in [0.3, 0.4) is 0 Å². The quantitative estimate of drug-likeness (QED) is 0.787. The van der Waals surface area contributed by atoms with Crippen molar-refractivity contribution in [3.8, 4) is 0 Å². The summed E-state index contributed by atoms with van der Waals surface area (Å²) in [6.07, 6.45) is 3.63. The molecule has 1 atom stereocenters. The Morgan fingerprint density at radius 3 is 2.56 bits per heavy atom. The van der Waals surface area contributed by atoms with Gasteiger partial charge < -0.3 is 15.1 Å². The van der Waals surface area contributed by atoms with E-state index in [9.17, 15) is 4.79 Å². The zero-order valence-electron chi connectivity index (χ0n) is 16.2. The van der Waals surface area contributed by atoms with Crippen LogP contribution < -0.4 is 10.6 Å². The first-order chi connectivity index (χ1) is 13.1. The van der Waals surface area contributed by atoms with Crippen molar-refractivity contribution < 1.29 is 9.21 Å². The Kier molecular flexibility index (Phi) is 6.90. The first-order valence-electron chi connectivity index (χ1n) is 9.62. The first-order valence-corrected chi connectivity index (χ1v) is 9.62. The van der Waals surface area contributed by atoms with Crippen molar-refractivity contribution in [1.82, 2.24) is 20.4 Å². The average molecular weight is 370 g/mol. The van der Waals surface area contributed by atoms with Crippen molar-refractivity contribution in [3.63, 3.8) is 0 Å². The topological polar surface area (TPSA) is 60.8 Å². The standard InChI is InChI=1S/C21H30N4O2/c1-24(2)19(20-9-6-14-27-20)15-22-21(26)23-18-10-12-25(13-11-18)16-17-7-4-3-5-8-17/h3-9,14,18-19H,10-13,15-16H2,1-2H3,(H2,22,23,26). The third kappa shape index (κ3) is 5.84. The molecule has 6 heteroatoms. The molecule has 1 aromatic heterocycles. The summed E-state index contributed by atoms with van der Waals surface area (Å²) in [6.45, 7) is 3.51. The van der Waals surface area contributed by atoms with Crippen molar-refractivity contribution in [1.29, 1.82) is 0 Å². The number of carbonyl (C=O) groups excluding carboxylic acids is 1. The van der Waals surface area contributed by atoms with Gasteiger partial charge in [-0.1, -0.05) is 30.3 Å². The van der Waals surface area contributed by atoms with Gasteiger partial charge in [0.2, 0.25) is 0 Å². The normalized spacial score (nSPS) is 17.0. The van der Waals surface area contributed by atoms with Crippen molar-refractivity contribution in [2.75, 3.05) is 33.7 Å². The lowest BCUT2D eigenvalue weighted by Crippen LogP contribution is -2.48. The summed E-state index contributed by atoms with van der Waals surface area (Å²) < 4.78 is 5.48. The number of nitrogens with zero attached hydrogens (tertiary/aromatic N) is 2. The second kappa shape index (κ2) is 9.58. The Hall–Kier alpha value is -2.31. The number of hydrogen-bond acceptors (Lipinski definition) is 4. The summed E-state index contributed by atoms with van der Waals surface area (Å²) in [5.74, 6) is 0.856. The van der Waals surface area contributed by atoms with E-state index in [1.807, 2.05) is 37.2 Å². The number of benzene rings is 1. The molecule has 0 radical (unpaired) electrons. The molecular weight excluding hydrogens is 340 g/mol. The van der Waals surface area contributed by atoms with E-state index < -0.39 is 0 Å². The van der Waals surface area contributed by atoms with Crippen LogP contribution >= 0.6 is 0 Å². The van der Waals surface area contributed by atoms with Crippen LogP contribution in [-0.2, 0) is 6.54 Å². The molecule has 1 aromatic carbocycles.